The van der Waals surface area contributed by atoms with Gasteiger partial charge in [-0.3, -0.25) is 0 Å². The van der Waals surface area contributed by atoms with Crippen molar-refractivity contribution in [3.8, 4) is 0 Å². The number of aromatic nitrogens is 1. The SMILES string of the molecule is CCCNCc1ccc(N(C)Cc2cccc(Cl)c2)nc1. The molecule has 1 N–H and O–H groups in total. The van der Waals surface area contributed by atoms with Crippen LogP contribution in [-0.4, -0.2) is 18.6 Å². The van der Waals surface area contributed by atoms with Crippen LogP contribution in [0.3, 0.4) is 0 Å². The lowest BCUT2D eigenvalue weighted by molar-refractivity contribution is 0.673. The van der Waals surface area contributed by atoms with Crippen LogP contribution < -0.4 is 10.2 Å². The zero-order valence-corrected chi connectivity index (χ0v) is 13.4. The fraction of sp³-hybridized carbons (Fsp3) is 0.353. The van der Waals surface area contributed by atoms with E-state index < -0.39 is 0 Å². The van der Waals surface area contributed by atoms with Crippen molar-refractivity contribution in [2.24, 2.45) is 0 Å². The van der Waals surface area contributed by atoms with E-state index in [1.165, 1.54) is 11.1 Å². The van der Waals surface area contributed by atoms with Crippen molar-refractivity contribution in [2.45, 2.75) is 26.4 Å². The fourth-order valence-electron chi connectivity index (χ4n) is 2.15. The highest BCUT2D eigenvalue weighted by atomic mass is 35.5. The Hall–Kier alpha value is -1.58. The predicted molar refractivity (Wildman–Crippen MR) is 89.8 cm³/mol. The van der Waals surface area contributed by atoms with E-state index in [1.54, 1.807) is 0 Å². The molecule has 1 heterocycles. The molecule has 4 heteroatoms. The summed E-state index contributed by atoms with van der Waals surface area (Å²) in [6, 6.07) is 12.1. The van der Waals surface area contributed by atoms with Crippen LogP contribution in [0.5, 0.6) is 0 Å². The smallest absolute Gasteiger partial charge is 0.128 e. The highest BCUT2D eigenvalue weighted by molar-refractivity contribution is 6.30. The lowest BCUT2D eigenvalue weighted by Crippen LogP contribution is -2.18. The number of rotatable bonds is 7. The molecule has 112 valence electrons. The number of benzene rings is 1. The summed E-state index contributed by atoms with van der Waals surface area (Å²) >= 11 is 6.01. The summed E-state index contributed by atoms with van der Waals surface area (Å²) in [6.07, 6.45) is 3.08. The summed E-state index contributed by atoms with van der Waals surface area (Å²) in [4.78, 5) is 6.65. The summed E-state index contributed by atoms with van der Waals surface area (Å²) in [5.74, 6) is 0.967. The second kappa shape index (κ2) is 8.01. The number of pyridine rings is 1. The third kappa shape index (κ3) is 5.03. The maximum absolute atomic E-state index is 6.01. The van der Waals surface area contributed by atoms with Crippen LogP contribution in [0.1, 0.15) is 24.5 Å². The molecule has 0 fully saturated rings. The molecule has 3 nitrogen and oxygen atoms in total. The van der Waals surface area contributed by atoms with Crippen molar-refractivity contribution in [1.29, 1.82) is 0 Å². The minimum atomic E-state index is 0.770. The van der Waals surface area contributed by atoms with Crippen LogP contribution in [0.4, 0.5) is 5.82 Å². The molecule has 0 spiro atoms. The second-order valence-corrected chi connectivity index (χ2v) is 5.62. The lowest BCUT2D eigenvalue weighted by Gasteiger charge is -2.18. The van der Waals surface area contributed by atoms with E-state index in [2.05, 4.69) is 40.3 Å². The van der Waals surface area contributed by atoms with E-state index in [1.807, 2.05) is 31.4 Å². The van der Waals surface area contributed by atoms with Gasteiger partial charge in [0.1, 0.15) is 5.82 Å². The molecule has 0 unspecified atom stereocenters. The number of nitrogens with zero attached hydrogens (tertiary/aromatic N) is 2. The van der Waals surface area contributed by atoms with Crippen LogP contribution in [0.25, 0.3) is 0 Å². The summed E-state index contributed by atoms with van der Waals surface area (Å²) in [5.41, 5.74) is 2.39. The Labute approximate surface area is 132 Å². The van der Waals surface area contributed by atoms with Crippen LogP contribution in [-0.2, 0) is 13.1 Å². The molecule has 0 aliphatic carbocycles. The first-order chi connectivity index (χ1) is 10.2. The van der Waals surface area contributed by atoms with Crippen LogP contribution in [0.15, 0.2) is 42.6 Å². The van der Waals surface area contributed by atoms with Crippen molar-refractivity contribution in [3.63, 3.8) is 0 Å². The summed E-state index contributed by atoms with van der Waals surface area (Å²) < 4.78 is 0. The van der Waals surface area contributed by atoms with Gasteiger partial charge in [0.25, 0.3) is 0 Å². The van der Waals surface area contributed by atoms with Gasteiger partial charge in [-0.2, -0.15) is 0 Å². The van der Waals surface area contributed by atoms with Gasteiger partial charge in [0.05, 0.1) is 0 Å². The Kier molecular flexibility index (Phi) is 6.03. The van der Waals surface area contributed by atoms with Gasteiger partial charge in [-0.1, -0.05) is 36.7 Å². The molecule has 0 radical (unpaired) electrons. The van der Waals surface area contributed by atoms with Gasteiger partial charge in [0.2, 0.25) is 0 Å². The van der Waals surface area contributed by atoms with E-state index in [9.17, 15) is 0 Å². The first kappa shape index (κ1) is 15.8. The van der Waals surface area contributed by atoms with Crippen LogP contribution in [0, 0.1) is 0 Å². The molecule has 1 aromatic carbocycles. The van der Waals surface area contributed by atoms with E-state index in [0.29, 0.717) is 0 Å². The molecular formula is C17H22ClN3. The molecule has 0 aliphatic heterocycles. The molecule has 0 aliphatic rings. The molecule has 0 saturated carbocycles. The van der Waals surface area contributed by atoms with E-state index in [0.717, 1.165) is 36.9 Å². The Morgan fingerprint density at radius 1 is 1.19 bits per heavy atom. The molecule has 0 atom stereocenters. The zero-order chi connectivity index (χ0) is 15.1. The maximum Gasteiger partial charge on any atom is 0.128 e. The van der Waals surface area contributed by atoms with Gasteiger partial charge in [-0.15, -0.1) is 0 Å². The van der Waals surface area contributed by atoms with E-state index >= 15 is 0 Å². The van der Waals surface area contributed by atoms with E-state index in [4.69, 9.17) is 11.6 Å². The van der Waals surface area contributed by atoms with Gasteiger partial charge in [-0.25, -0.2) is 4.98 Å². The van der Waals surface area contributed by atoms with Gasteiger partial charge in [0, 0.05) is 31.4 Å². The van der Waals surface area contributed by atoms with Crippen molar-refractivity contribution < 1.29 is 0 Å². The van der Waals surface area contributed by atoms with Crippen molar-refractivity contribution in [1.82, 2.24) is 10.3 Å². The third-order valence-corrected chi connectivity index (χ3v) is 3.50. The number of nitrogens with one attached hydrogen (secondary N) is 1. The largest absolute Gasteiger partial charge is 0.355 e. The van der Waals surface area contributed by atoms with Gasteiger partial charge in [0.15, 0.2) is 0 Å². The van der Waals surface area contributed by atoms with Crippen LogP contribution in [0.2, 0.25) is 5.02 Å². The normalized spacial score (nSPS) is 10.6. The Morgan fingerprint density at radius 3 is 2.71 bits per heavy atom. The van der Waals surface area contributed by atoms with Crippen molar-refractivity contribution >= 4 is 17.4 Å². The first-order valence-corrected chi connectivity index (χ1v) is 7.68. The first-order valence-electron chi connectivity index (χ1n) is 7.30. The molecule has 0 amide bonds. The molecule has 1 aromatic heterocycles. The standard InChI is InChI=1S/C17H22ClN3/c1-3-9-19-11-15-7-8-17(20-12-15)21(2)13-14-5-4-6-16(18)10-14/h4-8,10,12,19H,3,9,11,13H2,1-2H3. The maximum atomic E-state index is 6.01. The highest BCUT2D eigenvalue weighted by Crippen LogP contribution is 2.16. The van der Waals surface area contributed by atoms with Crippen molar-refractivity contribution in [2.75, 3.05) is 18.5 Å². The highest BCUT2D eigenvalue weighted by Gasteiger charge is 2.04. The van der Waals surface area contributed by atoms with E-state index in [-0.39, 0.29) is 0 Å². The summed E-state index contributed by atoms with van der Waals surface area (Å²) in [6.45, 7) is 4.87. The molecule has 2 aromatic rings. The molecular weight excluding hydrogens is 282 g/mol. The van der Waals surface area contributed by atoms with Gasteiger partial charge < -0.3 is 10.2 Å². The monoisotopic (exact) mass is 303 g/mol. The number of anilines is 1. The molecule has 0 bridgehead atoms. The summed E-state index contributed by atoms with van der Waals surface area (Å²) in [7, 11) is 2.04. The minimum absolute atomic E-state index is 0.770. The fourth-order valence-corrected chi connectivity index (χ4v) is 2.36. The average molecular weight is 304 g/mol. The average Bonchev–Trinajstić information content (AvgIpc) is 2.48. The number of halogens is 1. The van der Waals surface area contributed by atoms with Gasteiger partial charge >= 0.3 is 0 Å². The molecule has 2 rings (SSSR count). The molecule has 0 saturated heterocycles. The Bertz CT molecular complexity index is 554. The summed E-state index contributed by atoms with van der Waals surface area (Å²) in [5, 5.41) is 4.15. The number of hydrogen-bond acceptors (Lipinski definition) is 3. The quantitative estimate of drug-likeness (QED) is 0.787. The third-order valence-electron chi connectivity index (χ3n) is 3.26. The Morgan fingerprint density at radius 2 is 2.05 bits per heavy atom. The lowest BCUT2D eigenvalue weighted by atomic mass is 10.2. The van der Waals surface area contributed by atoms with Crippen LogP contribution >= 0.6 is 11.6 Å². The minimum Gasteiger partial charge on any atom is -0.355 e. The second-order valence-electron chi connectivity index (χ2n) is 5.19. The van der Waals surface area contributed by atoms with Crippen molar-refractivity contribution in [3.05, 3.63) is 58.7 Å². The zero-order valence-electron chi connectivity index (χ0n) is 12.6. The Balaban J connectivity index is 1.94. The molecule has 21 heavy (non-hydrogen) atoms. The number of hydrogen-bond donors (Lipinski definition) is 1. The predicted octanol–water partition coefficient (Wildman–Crippen LogP) is 3.87. The van der Waals surface area contributed by atoms with Gasteiger partial charge in [-0.05, 0) is 42.3 Å². The topological polar surface area (TPSA) is 28.2 Å².